The largest absolute Gasteiger partial charge is 0.395 e. The van der Waals surface area contributed by atoms with Crippen LogP contribution in [0, 0.1) is 36.5 Å². The van der Waals surface area contributed by atoms with Crippen LogP contribution in [0.5, 0.6) is 0 Å². The van der Waals surface area contributed by atoms with Crippen LogP contribution in [-0.4, -0.2) is 117 Å². The van der Waals surface area contributed by atoms with Gasteiger partial charge in [0.25, 0.3) is 20.2 Å². The predicted octanol–water partition coefficient (Wildman–Crippen LogP) is 2.61. The fourth-order valence-corrected chi connectivity index (χ4v) is 8.11. The molecule has 0 saturated heterocycles. The van der Waals surface area contributed by atoms with Crippen molar-refractivity contribution in [3.63, 3.8) is 0 Å². The summed E-state index contributed by atoms with van der Waals surface area (Å²) in [4.78, 5) is 4.83. The molecule has 10 N–H and O–H groups in total. The first kappa shape index (κ1) is 47.4. The molecule has 0 atom stereocenters. The van der Waals surface area contributed by atoms with E-state index in [-0.39, 0.29) is 110 Å². The number of rotatable bonds is 20. The zero-order valence-electron chi connectivity index (χ0n) is 32.1. The molecule has 0 amide bonds. The van der Waals surface area contributed by atoms with Crippen LogP contribution in [0.2, 0.25) is 0 Å². The molecule has 4 rings (SSSR count). The van der Waals surface area contributed by atoms with Crippen LogP contribution in [0.25, 0.3) is 0 Å². The highest BCUT2D eigenvalue weighted by Gasteiger charge is 2.27. The van der Waals surface area contributed by atoms with Crippen LogP contribution in [0.3, 0.4) is 0 Å². The summed E-state index contributed by atoms with van der Waals surface area (Å²) < 4.78 is 98.3. The number of hydrogen-bond donors (Lipinski definition) is 10. The van der Waals surface area contributed by atoms with Gasteiger partial charge in [-0.15, -0.1) is 20.5 Å². The smallest absolute Gasteiger partial charge is 0.296 e. The van der Waals surface area contributed by atoms with Gasteiger partial charge in [0, 0.05) is 37.3 Å². The lowest BCUT2D eigenvalue weighted by atomic mass is 10.1. The highest BCUT2D eigenvalue weighted by molar-refractivity contribution is 7.91. The number of aliphatic hydroxyl groups is 4. The summed E-state index contributed by atoms with van der Waals surface area (Å²) in [5, 5.41) is 83.7. The van der Waals surface area contributed by atoms with Crippen molar-refractivity contribution in [2.45, 2.75) is 33.4 Å². The Morgan fingerprint density at radius 3 is 1.18 bits per heavy atom. The number of hydrogen-bond acceptors (Lipinski definition) is 22. The quantitative estimate of drug-likeness (QED) is 0.0450. The van der Waals surface area contributed by atoms with E-state index in [0.29, 0.717) is 12.1 Å². The molecule has 0 aliphatic heterocycles. The molecule has 0 radical (unpaired) electrons. The van der Waals surface area contributed by atoms with Gasteiger partial charge in [-0.25, -0.2) is 18.4 Å². The van der Waals surface area contributed by atoms with Gasteiger partial charge in [-0.05, 0) is 50.2 Å². The monoisotopic (exact) mass is 902 g/mol. The van der Waals surface area contributed by atoms with Crippen LogP contribution in [0.15, 0.2) is 76.4 Å². The third kappa shape index (κ3) is 11.1. The highest BCUT2D eigenvalue weighted by Crippen LogP contribution is 2.39. The normalized spacial score (nSPS) is 12.0. The summed E-state index contributed by atoms with van der Waals surface area (Å²) in [6, 6.07) is 8.43. The molecule has 27 heteroatoms. The van der Waals surface area contributed by atoms with E-state index in [1.54, 1.807) is 0 Å². The molecule has 2 heterocycles. The van der Waals surface area contributed by atoms with Crippen molar-refractivity contribution >= 4 is 76.1 Å². The Kier molecular flexibility index (Phi) is 15.8. The molecule has 0 fully saturated rings. The SMILES string of the molecule is Cc1c(C#N)c(NCCO)nc(NCCO)c1N=Nc1ccc(S(=O)(=O)c2ccc(N=Nc3c(NCCO)nc(NCCO)c(C#N)c3C)c(S(=O)(=O)O)c2)cc1S(=O)(=O)O. The summed E-state index contributed by atoms with van der Waals surface area (Å²) in [6.07, 6.45) is 0. The first-order valence-corrected chi connectivity index (χ1v) is 21.8. The summed E-state index contributed by atoms with van der Waals surface area (Å²) in [5.41, 5.74) is -1.07. The maximum Gasteiger partial charge on any atom is 0.296 e. The molecule has 324 valence electrons. The van der Waals surface area contributed by atoms with Crippen LogP contribution in [0.1, 0.15) is 22.3 Å². The van der Waals surface area contributed by atoms with E-state index in [2.05, 4.69) is 51.7 Å². The maximum atomic E-state index is 13.9. The minimum Gasteiger partial charge on any atom is -0.395 e. The number of azo groups is 2. The number of aromatic nitrogens is 2. The standard InChI is InChI=1S/C34H38N12O12S3/c1-19-23(17-35)31(37-7-11-47)41-33(39-9-13-49)29(19)45-43-25-5-3-21(15-27(25)60(53,54)55)59(51,52)22-4-6-26(28(16-22)61(56,57)58)44-46-30-20(2)24(18-36)32(38-8-12-48)42-34(30)40-10-14-50/h3-6,15-16,47-50H,7-14H2,1-2H3,(H2,37,39,41)(H2,38,40,42)(H,53,54,55)(H,56,57,58). The van der Waals surface area contributed by atoms with Crippen LogP contribution in [-0.2, 0) is 30.1 Å². The fraction of sp³-hybridized carbons (Fsp3) is 0.294. The molecule has 0 aliphatic carbocycles. The van der Waals surface area contributed by atoms with Crippen molar-refractivity contribution < 1.29 is 54.8 Å². The van der Waals surface area contributed by atoms with Gasteiger partial charge in [0.05, 0.1) is 47.3 Å². The van der Waals surface area contributed by atoms with E-state index in [0.717, 1.165) is 24.3 Å². The summed E-state index contributed by atoms with van der Waals surface area (Å²) in [6.45, 7) is 1.56. The first-order chi connectivity index (χ1) is 28.9. The number of benzene rings is 2. The van der Waals surface area contributed by atoms with Crippen molar-refractivity contribution in [3.05, 3.63) is 58.7 Å². The number of nitriles is 2. The van der Waals surface area contributed by atoms with Gasteiger partial charge in [-0.3, -0.25) is 9.11 Å². The topological polar surface area (TPSA) is 395 Å². The van der Waals surface area contributed by atoms with E-state index < -0.39 is 61.0 Å². The van der Waals surface area contributed by atoms with Crippen molar-refractivity contribution in [1.29, 1.82) is 10.5 Å². The van der Waals surface area contributed by atoms with E-state index in [4.69, 9.17) is 0 Å². The lowest BCUT2D eigenvalue weighted by Crippen LogP contribution is -2.13. The van der Waals surface area contributed by atoms with Crippen LogP contribution < -0.4 is 21.3 Å². The van der Waals surface area contributed by atoms with Crippen molar-refractivity contribution in [1.82, 2.24) is 9.97 Å². The molecular weight excluding hydrogens is 865 g/mol. The van der Waals surface area contributed by atoms with E-state index in [9.17, 15) is 65.3 Å². The Bertz CT molecular complexity index is 2610. The molecule has 2 aromatic heterocycles. The molecule has 61 heavy (non-hydrogen) atoms. The minimum absolute atomic E-state index is 0.0216. The van der Waals surface area contributed by atoms with Gasteiger partial charge in [-0.1, -0.05) is 0 Å². The number of pyridine rings is 2. The van der Waals surface area contributed by atoms with Crippen molar-refractivity contribution in [2.24, 2.45) is 20.5 Å². The van der Waals surface area contributed by atoms with Gasteiger partial charge in [0.2, 0.25) is 9.84 Å². The van der Waals surface area contributed by atoms with Crippen LogP contribution in [0.4, 0.5) is 46.0 Å². The maximum absolute atomic E-state index is 13.9. The molecule has 0 unspecified atom stereocenters. The van der Waals surface area contributed by atoms with Gasteiger partial charge >= 0.3 is 0 Å². The molecule has 0 aliphatic rings. The number of nitrogens with one attached hydrogen (secondary N) is 4. The van der Waals surface area contributed by atoms with Crippen LogP contribution >= 0.6 is 0 Å². The summed E-state index contributed by atoms with van der Waals surface area (Å²) in [5.74, 6) is 0.0507. The summed E-state index contributed by atoms with van der Waals surface area (Å²) in [7, 11) is -15.4. The number of sulfone groups is 1. The number of nitrogens with zero attached hydrogens (tertiary/aromatic N) is 8. The minimum atomic E-state index is -5.26. The zero-order valence-corrected chi connectivity index (χ0v) is 34.5. The summed E-state index contributed by atoms with van der Waals surface area (Å²) >= 11 is 0. The lowest BCUT2D eigenvalue weighted by Gasteiger charge is -2.15. The Hall–Kier alpha value is -6.27. The molecule has 0 saturated carbocycles. The van der Waals surface area contributed by atoms with Gasteiger partial charge in [0.1, 0.15) is 56.3 Å². The molecule has 2 aromatic carbocycles. The number of aliphatic hydroxyl groups excluding tert-OH is 4. The average molecular weight is 903 g/mol. The second kappa shape index (κ2) is 20.3. The molecular formula is C34H38N12O12S3. The Balaban J connectivity index is 1.82. The zero-order chi connectivity index (χ0) is 45.1. The molecule has 24 nitrogen and oxygen atoms in total. The predicted molar refractivity (Wildman–Crippen MR) is 216 cm³/mol. The Morgan fingerprint density at radius 2 is 0.885 bits per heavy atom. The van der Waals surface area contributed by atoms with Gasteiger partial charge < -0.3 is 41.7 Å². The number of anilines is 4. The van der Waals surface area contributed by atoms with Crippen molar-refractivity contribution in [2.75, 3.05) is 73.9 Å². The Morgan fingerprint density at radius 1 is 0.557 bits per heavy atom. The second-order valence-electron chi connectivity index (χ2n) is 12.3. The van der Waals surface area contributed by atoms with E-state index in [1.165, 1.54) is 13.8 Å². The van der Waals surface area contributed by atoms with Crippen molar-refractivity contribution in [3.8, 4) is 12.1 Å². The van der Waals surface area contributed by atoms with Gasteiger partial charge in [-0.2, -0.15) is 27.4 Å². The second-order valence-corrected chi connectivity index (χ2v) is 17.0. The lowest BCUT2D eigenvalue weighted by molar-refractivity contribution is 0.310. The molecule has 4 aromatic rings. The molecule has 0 spiro atoms. The Labute approximate surface area is 348 Å². The van der Waals surface area contributed by atoms with E-state index >= 15 is 0 Å². The third-order valence-corrected chi connectivity index (χ3v) is 11.7. The third-order valence-electron chi connectivity index (χ3n) is 8.22. The highest BCUT2D eigenvalue weighted by atomic mass is 32.2. The first-order valence-electron chi connectivity index (χ1n) is 17.5. The fourth-order valence-electron chi connectivity index (χ4n) is 5.35. The molecule has 0 bridgehead atoms. The average Bonchev–Trinajstić information content (AvgIpc) is 3.21. The van der Waals surface area contributed by atoms with E-state index in [1.807, 2.05) is 12.1 Å². The van der Waals surface area contributed by atoms with Gasteiger partial charge in [0.15, 0.2) is 11.6 Å².